The fraction of sp³-hybridized carbons (Fsp3) is 0.833. The highest BCUT2D eigenvalue weighted by Crippen LogP contribution is 2.04. The summed E-state index contributed by atoms with van der Waals surface area (Å²) in [6.07, 6.45) is -6.01. The minimum absolute atomic E-state index is 0.900. The minimum Gasteiger partial charge on any atom is -0.425 e. The van der Waals surface area contributed by atoms with Crippen LogP contribution in [0.15, 0.2) is 0 Å². The van der Waals surface area contributed by atoms with Gasteiger partial charge in [-0.2, -0.15) is 0 Å². The average molecular weight is 224 g/mol. The summed E-state index contributed by atoms with van der Waals surface area (Å²) in [7, 11) is -2.40. The van der Waals surface area contributed by atoms with Crippen LogP contribution in [0.25, 0.3) is 0 Å². The maximum atomic E-state index is 11.0. The third kappa shape index (κ3) is 3.84. The molecule has 0 spiro atoms. The monoisotopic (exact) mass is 224 g/mol. The second-order valence-electron chi connectivity index (χ2n) is 2.95. The van der Waals surface area contributed by atoms with Crippen molar-refractivity contribution >= 4 is 12.9 Å². The van der Waals surface area contributed by atoms with E-state index in [2.05, 4.69) is 0 Å². The van der Waals surface area contributed by atoms with Gasteiger partial charge in [0.15, 0.2) is 11.8 Å². The maximum absolute atomic E-state index is 11.0. The lowest BCUT2D eigenvalue weighted by Crippen LogP contribution is -2.51. The van der Waals surface area contributed by atoms with Gasteiger partial charge in [0.2, 0.25) is 0 Å². The molecule has 0 saturated carbocycles. The van der Waals surface area contributed by atoms with E-state index in [0.29, 0.717) is 0 Å². The normalized spacial score (nSPS) is 19.1. The summed E-state index contributed by atoms with van der Waals surface area (Å²) in [6.45, 7) is -0.900. The number of aliphatic hydroxyl groups excluding tert-OH is 5. The van der Waals surface area contributed by atoms with Gasteiger partial charge in [0, 0.05) is 0 Å². The molecule has 0 aliphatic heterocycles. The number of carbonyl (C=O) groups is 1. The summed E-state index contributed by atoms with van der Waals surface area (Å²) in [5.74, 6) is -1.47. The Hall–Kier alpha value is -0.545. The van der Waals surface area contributed by atoms with E-state index >= 15 is 0 Å². The molecule has 0 bridgehead atoms. The molecule has 0 rings (SSSR count). The van der Waals surface area contributed by atoms with Gasteiger partial charge in [-0.15, -0.1) is 0 Å². The summed E-state index contributed by atoms with van der Waals surface area (Å²) in [6, 6.07) is -2.29. The molecule has 7 N–H and O–H groups in total. The third-order valence-electron chi connectivity index (χ3n) is 1.77. The van der Waals surface area contributed by atoms with Crippen LogP contribution in [0.5, 0.6) is 0 Å². The van der Waals surface area contributed by atoms with Crippen LogP contribution in [0.3, 0.4) is 0 Å². The molecule has 15 heavy (non-hydrogen) atoms. The molecular formula is C6H13BO8. The van der Waals surface area contributed by atoms with Crippen LogP contribution in [0.2, 0.25) is 0 Å². The van der Waals surface area contributed by atoms with Crippen molar-refractivity contribution in [2.24, 2.45) is 0 Å². The molecule has 0 heterocycles. The fourth-order valence-corrected chi connectivity index (χ4v) is 0.809. The Labute approximate surface area is 85.2 Å². The van der Waals surface area contributed by atoms with Crippen LogP contribution in [0, 0.1) is 0 Å². The van der Waals surface area contributed by atoms with Gasteiger partial charge in [0.25, 0.3) is 0 Å². The lowest BCUT2D eigenvalue weighted by molar-refractivity contribution is -0.145. The number of aliphatic hydroxyl groups is 5. The topological polar surface area (TPSA) is 159 Å². The maximum Gasteiger partial charge on any atom is 0.490 e. The Morgan fingerprint density at radius 2 is 1.60 bits per heavy atom. The molecule has 0 amide bonds. The average Bonchev–Trinajstić information content (AvgIpc) is 2.23. The molecule has 4 atom stereocenters. The second kappa shape index (κ2) is 6.13. The summed E-state index contributed by atoms with van der Waals surface area (Å²) in [4.78, 5) is 11.0. The highest BCUT2D eigenvalue weighted by atomic mass is 16.4. The van der Waals surface area contributed by atoms with E-state index in [1.165, 1.54) is 0 Å². The number of ketones is 1. The third-order valence-corrected chi connectivity index (χ3v) is 1.77. The molecular weight excluding hydrogens is 211 g/mol. The Bertz CT molecular complexity index is 209. The smallest absolute Gasteiger partial charge is 0.425 e. The Balaban J connectivity index is 4.43. The lowest BCUT2D eigenvalue weighted by Gasteiger charge is -2.22. The first kappa shape index (κ1) is 14.5. The van der Waals surface area contributed by atoms with Gasteiger partial charge in [-0.25, -0.2) is 0 Å². The van der Waals surface area contributed by atoms with E-state index in [1.807, 2.05) is 0 Å². The first-order chi connectivity index (χ1) is 6.82. The first-order valence-corrected chi connectivity index (χ1v) is 4.06. The molecule has 0 radical (unpaired) electrons. The lowest BCUT2D eigenvalue weighted by atomic mass is 9.77. The second-order valence-corrected chi connectivity index (χ2v) is 2.95. The zero-order chi connectivity index (χ0) is 12.2. The van der Waals surface area contributed by atoms with Crippen molar-refractivity contribution in [1.82, 2.24) is 0 Å². The fourth-order valence-electron chi connectivity index (χ4n) is 0.809. The van der Waals surface area contributed by atoms with Gasteiger partial charge in [-0.05, 0) is 0 Å². The highest BCUT2D eigenvalue weighted by molar-refractivity contribution is 6.48. The van der Waals surface area contributed by atoms with Crippen LogP contribution in [0.4, 0.5) is 0 Å². The van der Waals surface area contributed by atoms with Crippen molar-refractivity contribution in [3.8, 4) is 0 Å². The van der Waals surface area contributed by atoms with Crippen molar-refractivity contribution in [3.05, 3.63) is 0 Å². The van der Waals surface area contributed by atoms with Crippen molar-refractivity contribution < 1.29 is 40.4 Å². The standard InChI is InChI=1S/C6H13BO8/c8-1-2(9)3(10)4(11)5(12)6(13)7(14)15/h2-4,6,8-11,13-15H,1H2/t2-,3-,4+,6?/m1/s1. The molecule has 9 heteroatoms. The van der Waals surface area contributed by atoms with Crippen molar-refractivity contribution in [2.75, 3.05) is 6.61 Å². The molecule has 0 aliphatic rings. The van der Waals surface area contributed by atoms with Crippen LogP contribution in [-0.4, -0.2) is 79.4 Å². The number of rotatable bonds is 6. The van der Waals surface area contributed by atoms with Crippen LogP contribution in [-0.2, 0) is 4.79 Å². The van der Waals surface area contributed by atoms with E-state index in [-0.39, 0.29) is 0 Å². The van der Waals surface area contributed by atoms with Gasteiger partial charge in [-0.1, -0.05) is 0 Å². The first-order valence-electron chi connectivity index (χ1n) is 4.06. The molecule has 0 saturated heterocycles. The van der Waals surface area contributed by atoms with E-state index in [1.54, 1.807) is 0 Å². The largest absolute Gasteiger partial charge is 0.490 e. The van der Waals surface area contributed by atoms with Gasteiger partial charge in [0.1, 0.15) is 18.3 Å². The van der Waals surface area contributed by atoms with Crippen molar-refractivity contribution in [3.63, 3.8) is 0 Å². The molecule has 0 aliphatic carbocycles. The highest BCUT2D eigenvalue weighted by Gasteiger charge is 2.38. The van der Waals surface area contributed by atoms with Crippen LogP contribution >= 0.6 is 0 Å². The molecule has 1 unspecified atom stereocenters. The zero-order valence-corrected chi connectivity index (χ0v) is 7.63. The Kier molecular flexibility index (Phi) is 5.91. The van der Waals surface area contributed by atoms with Gasteiger partial charge in [0.05, 0.1) is 6.61 Å². The molecule has 88 valence electrons. The molecule has 0 aromatic heterocycles. The molecule has 8 nitrogen and oxygen atoms in total. The van der Waals surface area contributed by atoms with Crippen LogP contribution < -0.4 is 0 Å². The summed E-state index contributed by atoms with van der Waals surface area (Å²) in [5.41, 5.74) is 0. The Morgan fingerprint density at radius 1 is 1.13 bits per heavy atom. The van der Waals surface area contributed by atoms with E-state index in [0.717, 1.165) is 0 Å². The SMILES string of the molecule is O=C(C(O)B(O)O)[C@@H](O)[C@H](O)[C@H](O)CO. The van der Waals surface area contributed by atoms with Gasteiger partial charge >= 0.3 is 7.12 Å². The van der Waals surface area contributed by atoms with Gasteiger partial charge in [-0.3, -0.25) is 4.79 Å². The summed E-state index contributed by atoms with van der Waals surface area (Å²) >= 11 is 0. The number of hydrogen-bond acceptors (Lipinski definition) is 8. The van der Waals surface area contributed by atoms with Crippen molar-refractivity contribution in [1.29, 1.82) is 0 Å². The van der Waals surface area contributed by atoms with Crippen molar-refractivity contribution in [2.45, 2.75) is 24.3 Å². The van der Waals surface area contributed by atoms with E-state index in [4.69, 9.17) is 35.6 Å². The number of Topliss-reactive ketones (excluding diaryl/α,β-unsaturated/α-hetero) is 1. The predicted molar refractivity (Wildman–Crippen MR) is 46.3 cm³/mol. The van der Waals surface area contributed by atoms with Crippen LogP contribution in [0.1, 0.15) is 0 Å². The predicted octanol–water partition coefficient (Wildman–Crippen LogP) is -5.00. The molecule has 0 fully saturated rings. The quantitative estimate of drug-likeness (QED) is 0.221. The summed E-state index contributed by atoms with van der Waals surface area (Å²) < 4.78 is 0. The van der Waals surface area contributed by atoms with E-state index in [9.17, 15) is 4.79 Å². The number of hydrogen-bond donors (Lipinski definition) is 7. The van der Waals surface area contributed by atoms with E-state index < -0.39 is 43.8 Å². The molecule has 0 aromatic rings. The number of carbonyl (C=O) groups excluding carboxylic acids is 1. The summed E-state index contributed by atoms with van der Waals surface area (Å²) in [5, 5.41) is 60.9. The minimum atomic E-state index is -2.40. The zero-order valence-electron chi connectivity index (χ0n) is 7.63. The Morgan fingerprint density at radius 3 is 1.93 bits per heavy atom. The van der Waals surface area contributed by atoms with Gasteiger partial charge < -0.3 is 35.6 Å². The molecule has 0 aromatic carbocycles.